The van der Waals surface area contributed by atoms with Gasteiger partial charge in [0, 0.05) is 12.5 Å². The third kappa shape index (κ3) is 4.61. The standard InChI is InChI=1S/C25H25NO7/c1-2-13-31-22(27)15-32-21-11-12-26(23(21)24(28)29)25(30)33-14-20-18-9-5-3-7-16(18)17-8-4-6-10-19(17)20/h2-10,20-21,23H,1,11-15H2,(H,28,29)/t21-,23-/m0/s1. The van der Waals surface area contributed by atoms with Crippen molar-refractivity contribution in [2.24, 2.45) is 0 Å². The largest absolute Gasteiger partial charge is 0.480 e. The number of benzene rings is 2. The van der Waals surface area contributed by atoms with Crippen LogP contribution in [0.3, 0.4) is 0 Å². The highest BCUT2D eigenvalue weighted by atomic mass is 16.6. The molecule has 8 heteroatoms. The first-order valence-electron chi connectivity index (χ1n) is 10.7. The molecule has 0 radical (unpaired) electrons. The Hall–Kier alpha value is -3.65. The number of carbonyl (C=O) groups excluding carboxylic acids is 2. The molecule has 172 valence electrons. The van der Waals surface area contributed by atoms with Crippen molar-refractivity contribution in [1.82, 2.24) is 4.90 Å². The molecule has 33 heavy (non-hydrogen) atoms. The maximum atomic E-state index is 12.8. The molecule has 2 aliphatic rings. The van der Waals surface area contributed by atoms with Crippen LogP contribution in [0.5, 0.6) is 0 Å². The van der Waals surface area contributed by atoms with E-state index in [1.165, 1.54) is 6.08 Å². The summed E-state index contributed by atoms with van der Waals surface area (Å²) < 4.78 is 15.9. The Bertz CT molecular complexity index is 1020. The maximum Gasteiger partial charge on any atom is 0.410 e. The van der Waals surface area contributed by atoms with E-state index in [2.05, 4.69) is 6.58 Å². The summed E-state index contributed by atoms with van der Waals surface area (Å²) in [5, 5.41) is 9.69. The van der Waals surface area contributed by atoms with E-state index in [0.29, 0.717) is 0 Å². The first-order chi connectivity index (χ1) is 16.0. The summed E-state index contributed by atoms with van der Waals surface area (Å²) in [6, 6.07) is 14.7. The van der Waals surface area contributed by atoms with Crippen molar-refractivity contribution in [3.63, 3.8) is 0 Å². The Morgan fingerprint density at radius 2 is 1.67 bits per heavy atom. The number of likely N-dealkylation sites (tertiary alicyclic amines) is 1. The lowest BCUT2D eigenvalue weighted by Crippen LogP contribution is -2.46. The first kappa shape index (κ1) is 22.5. The molecular formula is C25H25NO7. The van der Waals surface area contributed by atoms with Gasteiger partial charge < -0.3 is 19.3 Å². The minimum absolute atomic E-state index is 0.0428. The van der Waals surface area contributed by atoms with Crippen molar-refractivity contribution in [2.75, 3.05) is 26.4 Å². The molecule has 8 nitrogen and oxygen atoms in total. The fraction of sp³-hybridized carbons (Fsp3) is 0.320. The highest BCUT2D eigenvalue weighted by Gasteiger charge is 2.44. The van der Waals surface area contributed by atoms with E-state index in [1.807, 2.05) is 48.5 Å². The van der Waals surface area contributed by atoms with E-state index in [1.54, 1.807) is 0 Å². The minimum Gasteiger partial charge on any atom is -0.480 e. The van der Waals surface area contributed by atoms with E-state index in [0.717, 1.165) is 27.2 Å². The SMILES string of the molecule is C=CCOC(=O)CO[C@H]1CCN(C(=O)OCC2c3ccccc3-c3ccccc32)[C@@H]1C(=O)O. The molecule has 0 unspecified atom stereocenters. The Balaban J connectivity index is 1.41. The zero-order valence-corrected chi connectivity index (χ0v) is 18.0. The molecular weight excluding hydrogens is 426 g/mol. The normalized spacial score (nSPS) is 19.0. The summed E-state index contributed by atoms with van der Waals surface area (Å²) in [6.07, 6.45) is 0.145. The van der Waals surface area contributed by atoms with Crippen molar-refractivity contribution in [1.29, 1.82) is 0 Å². The lowest BCUT2D eigenvalue weighted by Gasteiger charge is -2.25. The van der Waals surface area contributed by atoms with Crippen molar-refractivity contribution in [3.8, 4) is 11.1 Å². The van der Waals surface area contributed by atoms with E-state index in [-0.39, 0.29) is 32.1 Å². The van der Waals surface area contributed by atoms with Crippen LogP contribution >= 0.6 is 0 Å². The van der Waals surface area contributed by atoms with Gasteiger partial charge in [-0.25, -0.2) is 14.4 Å². The summed E-state index contributed by atoms with van der Waals surface area (Å²) in [5.74, 6) is -1.97. The number of esters is 1. The number of hydrogen-bond donors (Lipinski definition) is 1. The minimum atomic E-state index is -1.24. The molecule has 0 aromatic heterocycles. The highest BCUT2D eigenvalue weighted by molar-refractivity contribution is 5.82. The average molecular weight is 451 g/mol. The monoisotopic (exact) mass is 451 g/mol. The van der Waals surface area contributed by atoms with Gasteiger partial charge in [-0.2, -0.15) is 0 Å². The van der Waals surface area contributed by atoms with Crippen LogP contribution in [0.1, 0.15) is 23.5 Å². The number of carboxylic acid groups (broad SMARTS) is 1. The smallest absolute Gasteiger partial charge is 0.410 e. The second kappa shape index (κ2) is 9.87. The molecule has 0 bridgehead atoms. The van der Waals surface area contributed by atoms with Crippen molar-refractivity contribution in [2.45, 2.75) is 24.5 Å². The summed E-state index contributed by atoms with van der Waals surface area (Å²) in [5.41, 5.74) is 4.36. The van der Waals surface area contributed by atoms with Crippen LogP contribution in [0.25, 0.3) is 11.1 Å². The van der Waals surface area contributed by atoms with Crippen LogP contribution in [0, 0.1) is 0 Å². The van der Waals surface area contributed by atoms with Crippen LogP contribution in [0.2, 0.25) is 0 Å². The quantitative estimate of drug-likeness (QED) is 0.486. The second-order valence-corrected chi connectivity index (χ2v) is 7.89. The van der Waals surface area contributed by atoms with E-state index in [9.17, 15) is 19.5 Å². The number of hydrogen-bond acceptors (Lipinski definition) is 6. The first-order valence-corrected chi connectivity index (χ1v) is 10.7. The molecule has 2 aromatic rings. The molecule has 1 heterocycles. The fourth-order valence-electron chi connectivity index (χ4n) is 4.48. The summed E-state index contributed by atoms with van der Waals surface area (Å²) in [7, 11) is 0. The van der Waals surface area contributed by atoms with Crippen LogP contribution < -0.4 is 0 Å². The van der Waals surface area contributed by atoms with Crippen LogP contribution in [-0.4, -0.2) is 66.5 Å². The molecule has 1 amide bonds. The van der Waals surface area contributed by atoms with Gasteiger partial charge in [-0.1, -0.05) is 61.2 Å². The molecule has 2 atom stereocenters. The molecule has 1 aliphatic heterocycles. The van der Waals surface area contributed by atoms with Gasteiger partial charge in [0.1, 0.15) is 19.8 Å². The Kier molecular flexibility index (Phi) is 6.74. The fourth-order valence-corrected chi connectivity index (χ4v) is 4.48. The van der Waals surface area contributed by atoms with Gasteiger partial charge in [0.2, 0.25) is 0 Å². The predicted octanol–water partition coefficient (Wildman–Crippen LogP) is 3.21. The third-order valence-electron chi connectivity index (χ3n) is 5.94. The molecule has 1 fully saturated rings. The summed E-state index contributed by atoms with van der Waals surface area (Å²) in [4.78, 5) is 37.5. The Morgan fingerprint density at radius 3 is 2.27 bits per heavy atom. The molecule has 0 saturated carbocycles. The summed E-state index contributed by atoms with van der Waals surface area (Å²) in [6.45, 7) is 3.34. The van der Waals surface area contributed by atoms with Crippen molar-refractivity contribution < 1.29 is 33.7 Å². The number of nitrogens with zero attached hydrogens (tertiary/aromatic N) is 1. The molecule has 0 spiro atoms. The van der Waals surface area contributed by atoms with Gasteiger partial charge in [-0.05, 0) is 28.7 Å². The van der Waals surface area contributed by atoms with Crippen LogP contribution in [-0.2, 0) is 23.8 Å². The molecule has 1 aliphatic carbocycles. The molecule has 2 aromatic carbocycles. The topological polar surface area (TPSA) is 102 Å². The number of ether oxygens (including phenoxy) is 3. The zero-order valence-electron chi connectivity index (χ0n) is 18.0. The zero-order chi connectivity index (χ0) is 23.4. The van der Waals surface area contributed by atoms with E-state index >= 15 is 0 Å². The third-order valence-corrected chi connectivity index (χ3v) is 5.94. The number of carbonyl (C=O) groups is 3. The van der Waals surface area contributed by atoms with Crippen molar-refractivity contribution in [3.05, 3.63) is 72.3 Å². The number of aliphatic carboxylic acids is 1. The Labute approximate surface area is 191 Å². The molecule has 1 saturated heterocycles. The Morgan fingerprint density at radius 1 is 1.03 bits per heavy atom. The lowest BCUT2D eigenvalue weighted by molar-refractivity contribution is -0.155. The maximum absolute atomic E-state index is 12.8. The van der Waals surface area contributed by atoms with Gasteiger partial charge in [-0.15, -0.1) is 0 Å². The van der Waals surface area contributed by atoms with Gasteiger partial charge in [0.05, 0.1) is 6.10 Å². The number of amides is 1. The predicted molar refractivity (Wildman–Crippen MR) is 119 cm³/mol. The van der Waals surface area contributed by atoms with E-state index < -0.39 is 36.8 Å². The number of carboxylic acids is 1. The lowest BCUT2D eigenvalue weighted by atomic mass is 9.98. The van der Waals surface area contributed by atoms with Gasteiger partial charge >= 0.3 is 18.0 Å². The number of rotatable bonds is 8. The average Bonchev–Trinajstić information content (AvgIpc) is 3.39. The van der Waals surface area contributed by atoms with Gasteiger partial charge in [0.25, 0.3) is 0 Å². The highest BCUT2D eigenvalue weighted by Crippen LogP contribution is 2.44. The number of fused-ring (bicyclic) bond motifs is 3. The van der Waals surface area contributed by atoms with Crippen LogP contribution in [0.4, 0.5) is 4.79 Å². The van der Waals surface area contributed by atoms with Gasteiger partial charge in [-0.3, -0.25) is 4.90 Å². The van der Waals surface area contributed by atoms with Crippen LogP contribution in [0.15, 0.2) is 61.2 Å². The second-order valence-electron chi connectivity index (χ2n) is 7.89. The van der Waals surface area contributed by atoms with Gasteiger partial charge in [0.15, 0.2) is 6.04 Å². The molecule has 1 N–H and O–H groups in total. The van der Waals surface area contributed by atoms with Crippen molar-refractivity contribution >= 4 is 18.0 Å². The summed E-state index contributed by atoms with van der Waals surface area (Å²) >= 11 is 0. The molecule has 4 rings (SSSR count). The van der Waals surface area contributed by atoms with E-state index in [4.69, 9.17) is 14.2 Å².